The first-order chi connectivity index (χ1) is 10.9. The standard InChI is InChI=1S/C17H28N4O.HI/c1-18-17(21-11-5-6-12-21)19-14-15(16-8-7-13-22-16)20-9-3-2-4-10-20;/h7-8,13,15H,2-6,9-12,14H2,1H3,(H,18,19);1H. The first kappa shape index (κ1) is 18.6. The van der Waals surface area contributed by atoms with Crippen LogP contribution in [0.4, 0.5) is 0 Å². The fourth-order valence-electron chi connectivity index (χ4n) is 3.57. The maximum absolute atomic E-state index is 5.71. The second kappa shape index (κ2) is 9.52. The molecule has 1 unspecified atom stereocenters. The third-order valence-corrected chi connectivity index (χ3v) is 4.77. The predicted octanol–water partition coefficient (Wildman–Crippen LogP) is 3.10. The average Bonchev–Trinajstić information content (AvgIpc) is 3.26. The van der Waals surface area contributed by atoms with Crippen molar-refractivity contribution in [2.75, 3.05) is 39.8 Å². The zero-order chi connectivity index (χ0) is 15.2. The highest BCUT2D eigenvalue weighted by Gasteiger charge is 2.25. The lowest BCUT2D eigenvalue weighted by molar-refractivity contribution is 0.146. The number of nitrogens with zero attached hydrogens (tertiary/aromatic N) is 3. The molecule has 3 rings (SSSR count). The molecule has 0 radical (unpaired) electrons. The summed E-state index contributed by atoms with van der Waals surface area (Å²) in [5.41, 5.74) is 0. The first-order valence-electron chi connectivity index (χ1n) is 8.61. The SMILES string of the molecule is CN=C(NCC(c1ccco1)N1CCCCC1)N1CCCC1.I. The van der Waals surface area contributed by atoms with Crippen LogP contribution in [0.3, 0.4) is 0 Å². The van der Waals surface area contributed by atoms with E-state index in [1.165, 1.54) is 32.1 Å². The van der Waals surface area contributed by atoms with E-state index in [2.05, 4.69) is 26.2 Å². The van der Waals surface area contributed by atoms with Crippen molar-refractivity contribution < 1.29 is 4.42 Å². The van der Waals surface area contributed by atoms with Crippen LogP contribution in [-0.2, 0) is 0 Å². The van der Waals surface area contributed by atoms with Crippen molar-refractivity contribution >= 4 is 29.9 Å². The fraction of sp³-hybridized carbons (Fsp3) is 0.706. The lowest BCUT2D eigenvalue weighted by atomic mass is 10.1. The molecule has 2 saturated heterocycles. The van der Waals surface area contributed by atoms with Crippen molar-refractivity contribution in [1.82, 2.24) is 15.1 Å². The van der Waals surface area contributed by atoms with Gasteiger partial charge in [-0.3, -0.25) is 9.89 Å². The Bertz CT molecular complexity index is 465. The molecular formula is C17H29IN4O. The van der Waals surface area contributed by atoms with Gasteiger partial charge >= 0.3 is 0 Å². The third-order valence-electron chi connectivity index (χ3n) is 4.77. The van der Waals surface area contributed by atoms with Crippen LogP contribution >= 0.6 is 24.0 Å². The number of guanidine groups is 1. The van der Waals surface area contributed by atoms with E-state index in [1.807, 2.05) is 13.1 Å². The summed E-state index contributed by atoms with van der Waals surface area (Å²) in [4.78, 5) is 9.36. The van der Waals surface area contributed by atoms with Crippen molar-refractivity contribution in [3.8, 4) is 0 Å². The highest BCUT2D eigenvalue weighted by molar-refractivity contribution is 14.0. The minimum Gasteiger partial charge on any atom is -0.468 e. The summed E-state index contributed by atoms with van der Waals surface area (Å²) in [6.45, 7) is 5.42. The molecule has 2 aliphatic rings. The lowest BCUT2D eigenvalue weighted by Crippen LogP contribution is -2.45. The molecule has 0 spiro atoms. The van der Waals surface area contributed by atoms with E-state index in [1.54, 1.807) is 6.26 Å². The summed E-state index contributed by atoms with van der Waals surface area (Å²) in [6.07, 6.45) is 8.25. The van der Waals surface area contributed by atoms with Gasteiger partial charge in [0.1, 0.15) is 5.76 Å². The summed E-state index contributed by atoms with van der Waals surface area (Å²) >= 11 is 0. The van der Waals surface area contributed by atoms with Gasteiger partial charge in [-0.05, 0) is 50.9 Å². The highest BCUT2D eigenvalue weighted by atomic mass is 127. The summed E-state index contributed by atoms with van der Waals surface area (Å²) in [6, 6.07) is 4.39. The molecule has 0 bridgehead atoms. The molecular weight excluding hydrogens is 403 g/mol. The van der Waals surface area contributed by atoms with Crippen molar-refractivity contribution in [2.24, 2.45) is 4.99 Å². The van der Waals surface area contributed by atoms with Crippen molar-refractivity contribution in [1.29, 1.82) is 0 Å². The molecule has 2 aliphatic heterocycles. The number of likely N-dealkylation sites (tertiary alicyclic amines) is 2. The molecule has 1 N–H and O–H groups in total. The van der Waals surface area contributed by atoms with Crippen molar-refractivity contribution in [3.05, 3.63) is 24.2 Å². The quantitative estimate of drug-likeness (QED) is 0.451. The Labute approximate surface area is 156 Å². The largest absolute Gasteiger partial charge is 0.468 e. The van der Waals surface area contributed by atoms with Gasteiger partial charge in [0.2, 0.25) is 0 Å². The van der Waals surface area contributed by atoms with Gasteiger partial charge in [-0.25, -0.2) is 0 Å². The van der Waals surface area contributed by atoms with Crippen LogP contribution in [0.25, 0.3) is 0 Å². The van der Waals surface area contributed by atoms with Gasteiger partial charge in [-0.2, -0.15) is 0 Å². The van der Waals surface area contributed by atoms with Crippen LogP contribution in [0.2, 0.25) is 0 Å². The Morgan fingerprint density at radius 1 is 1.17 bits per heavy atom. The Morgan fingerprint density at radius 2 is 1.87 bits per heavy atom. The maximum Gasteiger partial charge on any atom is 0.193 e. The van der Waals surface area contributed by atoms with Gasteiger partial charge in [0, 0.05) is 26.7 Å². The Balaban J connectivity index is 0.00000192. The molecule has 5 nitrogen and oxygen atoms in total. The molecule has 0 saturated carbocycles. The zero-order valence-electron chi connectivity index (χ0n) is 14.0. The minimum atomic E-state index is 0. The van der Waals surface area contributed by atoms with Crippen LogP contribution < -0.4 is 5.32 Å². The Morgan fingerprint density at radius 3 is 2.48 bits per heavy atom. The smallest absolute Gasteiger partial charge is 0.193 e. The number of aliphatic imine (C=N–C) groups is 1. The second-order valence-electron chi connectivity index (χ2n) is 6.25. The molecule has 130 valence electrons. The zero-order valence-corrected chi connectivity index (χ0v) is 16.4. The molecule has 6 heteroatoms. The van der Waals surface area contributed by atoms with E-state index in [4.69, 9.17) is 4.42 Å². The first-order valence-corrected chi connectivity index (χ1v) is 8.61. The van der Waals surface area contributed by atoms with E-state index in [-0.39, 0.29) is 24.0 Å². The number of furan rings is 1. The van der Waals surface area contributed by atoms with Gasteiger partial charge in [0.15, 0.2) is 5.96 Å². The highest BCUT2D eigenvalue weighted by Crippen LogP contribution is 2.24. The molecule has 1 aromatic heterocycles. The summed E-state index contributed by atoms with van der Waals surface area (Å²) in [5.74, 6) is 2.09. The number of halogens is 1. The van der Waals surface area contributed by atoms with Crippen molar-refractivity contribution in [3.63, 3.8) is 0 Å². The maximum atomic E-state index is 5.71. The summed E-state index contributed by atoms with van der Waals surface area (Å²) in [7, 11) is 1.88. The third kappa shape index (κ3) is 4.86. The van der Waals surface area contributed by atoms with Crippen LogP contribution in [0.5, 0.6) is 0 Å². The topological polar surface area (TPSA) is 44.0 Å². The Kier molecular flexibility index (Phi) is 7.69. The number of hydrogen-bond donors (Lipinski definition) is 1. The number of piperidine rings is 1. The van der Waals surface area contributed by atoms with Crippen LogP contribution in [0.15, 0.2) is 27.8 Å². The van der Waals surface area contributed by atoms with Crippen LogP contribution in [-0.4, -0.2) is 55.5 Å². The van der Waals surface area contributed by atoms with Crippen molar-refractivity contribution in [2.45, 2.75) is 38.1 Å². The van der Waals surface area contributed by atoms with Gasteiger partial charge in [0.25, 0.3) is 0 Å². The minimum absolute atomic E-state index is 0. The van der Waals surface area contributed by atoms with Crippen LogP contribution in [0, 0.1) is 0 Å². The average molecular weight is 432 g/mol. The van der Waals surface area contributed by atoms with E-state index in [0.29, 0.717) is 6.04 Å². The molecule has 1 aromatic rings. The lowest BCUT2D eigenvalue weighted by Gasteiger charge is -2.34. The number of nitrogens with one attached hydrogen (secondary N) is 1. The monoisotopic (exact) mass is 432 g/mol. The molecule has 0 aliphatic carbocycles. The molecule has 0 aromatic carbocycles. The van der Waals surface area contributed by atoms with E-state index in [0.717, 1.165) is 44.4 Å². The van der Waals surface area contributed by atoms with Gasteiger partial charge < -0.3 is 14.6 Å². The van der Waals surface area contributed by atoms with Gasteiger partial charge in [-0.15, -0.1) is 24.0 Å². The number of rotatable bonds is 4. The van der Waals surface area contributed by atoms with E-state index < -0.39 is 0 Å². The molecule has 2 fully saturated rings. The van der Waals surface area contributed by atoms with E-state index in [9.17, 15) is 0 Å². The summed E-state index contributed by atoms with van der Waals surface area (Å²) in [5, 5.41) is 3.57. The molecule has 1 atom stereocenters. The van der Waals surface area contributed by atoms with Gasteiger partial charge in [0.05, 0.1) is 12.3 Å². The normalized spacial score (nSPS) is 21.1. The summed E-state index contributed by atoms with van der Waals surface area (Å²) < 4.78 is 5.71. The Hall–Kier alpha value is -0.760. The van der Waals surface area contributed by atoms with Gasteiger partial charge in [-0.1, -0.05) is 6.42 Å². The second-order valence-corrected chi connectivity index (χ2v) is 6.25. The van der Waals surface area contributed by atoms with Crippen LogP contribution in [0.1, 0.15) is 43.9 Å². The fourth-order valence-corrected chi connectivity index (χ4v) is 3.57. The van der Waals surface area contributed by atoms with E-state index >= 15 is 0 Å². The predicted molar refractivity (Wildman–Crippen MR) is 104 cm³/mol. The molecule has 3 heterocycles. The molecule has 23 heavy (non-hydrogen) atoms. The molecule has 0 amide bonds. The number of hydrogen-bond acceptors (Lipinski definition) is 3.